The van der Waals surface area contributed by atoms with E-state index in [1.165, 1.54) is 0 Å². The molecular weight excluding hydrogens is 327 g/mol. The summed E-state index contributed by atoms with van der Waals surface area (Å²) in [5.74, 6) is 0.0967. The van der Waals surface area contributed by atoms with Gasteiger partial charge in [-0.3, -0.25) is 4.79 Å². The zero-order chi connectivity index (χ0) is 17.6. The topological polar surface area (TPSA) is 79.4 Å². The summed E-state index contributed by atoms with van der Waals surface area (Å²) in [6, 6.07) is 1.86. The maximum atomic E-state index is 12.0. The Kier molecular flexibility index (Phi) is 6.18. The van der Waals surface area contributed by atoms with Gasteiger partial charge in [0.1, 0.15) is 12.2 Å². The number of amides is 1. The van der Waals surface area contributed by atoms with Crippen molar-refractivity contribution in [3.05, 3.63) is 11.8 Å². The van der Waals surface area contributed by atoms with Crippen molar-refractivity contribution in [1.29, 1.82) is 0 Å². The average Bonchev–Trinajstić information content (AvgIpc) is 2.50. The highest BCUT2D eigenvalue weighted by Gasteiger charge is 2.30. The molecule has 2 heterocycles. The van der Waals surface area contributed by atoms with E-state index in [4.69, 9.17) is 4.74 Å². The van der Waals surface area contributed by atoms with Gasteiger partial charge in [-0.25, -0.2) is 4.98 Å². The van der Waals surface area contributed by atoms with Crippen LogP contribution in [0.1, 0.15) is 12.1 Å². The summed E-state index contributed by atoms with van der Waals surface area (Å²) in [5.41, 5.74) is 0.773. The highest BCUT2D eigenvalue weighted by Crippen LogP contribution is 2.19. The molecule has 1 amide bonds. The van der Waals surface area contributed by atoms with Crippen LogP contribution >= 0.6 is 0 Å². The summed E-state index contributed by atoms with van der Waals surface area (Å²) in [6.07, 6.45) is -5.97. The van der Waals surface area contributed by atoms with Crippen molar-refractivity contribution in [1.82, 2.24) is 15.3 Å². The Morgan fingerprint density at radius 3 is 2.67 bits per heavy atom. The molecule has 0 spiro atoms. The fourth-order valence-corrected chi connectivity index (χ4v) is 2.21. The molecule has 1 fully saturated rings. The molecule has 1 aromatic heterocycles. The number of morpholine rings is 1. The summed E-state index contributed by atoms with van der Waals surface area (Å²) in [7, 11) is 0. The standard InChI is InChI=1S/C14H20F3N5O2/c1-10-8-11(22-4-6-24-7-5-22)21-13(20-10)19-3-2-18-12(23)9-14(15,16)17/h8H,2-7,9H2,1H3,(H,18,23)(H,19,20,21). The first-order valence-corrected chi connectivity index (χ1v) is 7.59. The predicted molar refractivity (Wildman–Crippen MR) is 82.0 cm³/mol. The Morgan fingerprint density at radius 1 is 1.29 bits per heavy atom. The lowest BCUT2D eigenvalue weighted by molar-refractivity contribution is -0.153. The van der Waals surface area contributed by atoms with Crippen molar-refractivity contribution in [2.75, 3.05) is 49.6 Å². The minimum Gasteiger partial charge on any atom is -0.378 e. The zero-order valence-electron chi connectivity index (χ0n) is 13.3. The largest absolute Gasteiger partial charge is 0.397 e. The first kappa shape index (κ1) is 18.2. The SMILES string of the molecule is Cc1cc(N2CCOCC2)nc(NCCNC(=O)CC(F)(F)F)n1. The van der Waals surface area contributed by atoms with Gasteiger partial charge >= 0.3 is 6.18 Å². The molecule has 0 bridgehead atoms. The quantitative estimate of drug-likeness (QED) is 0.751. The predicted octanol–water partition coefficient (Wildman–Crippen LogP) is 1.10. The molecule has 0 radical (unpaired) electrons. The molecule has 1 saturated heterocycles. The molecule has 2 rings (SSSR count). The first-order valence-electron chi connectivity index (χ1n) is 7.59. The number of ether oxygens (including phenoxy) is 1. The molecule has 10 heteroatoms. The van der Waals surface area contributed by atoms with Crippen LogP contribution in [0.2, 0.25) is 0 Å². The summed E-state index contributed by atoms with van der Waals surface area (Å²) >= 11 is 0. The van der Waals surface area contributed by atoms with Crippen LogP contribution in [0.3, 0.4) is 0 Å². The third kappa shape index (κ3) is 6.19. The molecule has 1 aromatic rings. The van der Waals surface area contributed by atoms with Gasteiger partial charge in [0.05, 0.1) is 13.2 Å². The minimum atomic E-state index is -4.50. The van der Waals surface area contributed by atoms with Crippen molar-refractivity contribution < 1.29 is 22.7 Å². The van der Waals surface area contributed by atoms with Crippen LogP contribution in [0.5, 0.6) is 0 Å². The van der Waals surface area contributed by atoms with Gasteiger partial charge < -0.3 is 20.3 Å². The molecule has 2 N–H and O–H groups in total. The van der Waals surface area contributed by atoms with Gasteiger partial charge in [0.2, 0.25) is 11.9 Å². The highest BCUT2D eigenvalue weighted by molar-refractivity contribution is 5.76. The monoisotopic (exact) mass is 347 g/mol. The molecular formula is C14H20F3N5O2. The summed E-state index contributed by atoms with van der Waals surface area (Å²) < 4.78 is 41.4. The maximum absolute atomic E-state index is 12.0. The van der Waals surface area contributed by atoms with Gasteiger partial charge in [-0.15, -0.1) is 0 Å². The third-order valence-electron chi connectivity index (χ3n) is 3.27. The van der Waals surface area contributed by atoms with Crippen LogP contribution < -0.4 is 15.5 Å². The highest BCUT2D eigenvalue weighted by atomic mass is 19.4. The van der Waals surface area contributed by atoms with Crippen LogP contribution in [0.25, 0.3) is 0 Å². The van der Waals surface area contributed by atoms with Gasteiger partial charge in [-0.1, -0.05) is 0 Å². The molecule has 0 saturated carbocycles. The maximum Gasteiger partial charge on any atom is 0.397 e. The van der Waals surface area contributed by atoms with Crippen molar-refractivity contribution >= 4 is 17.7 Å². The van der Waals surface area contributed by atoms with Crippen LogP contribution in [0.4, 0.5) is 24.9 Å². The Balaban J connectivity index is 1.82. The summed E-state index contributed by atoms with van der Waals surface area (Å²) in [5, 5.41) is 5.11. The van der Waals surface area contributed by atoms with Gasteiger partial charge in [-0.2, -0.15) is 18.2 Å². The van der Waals surface area contributed by atoms with E-state index in [9.17, 15) is 18.0 Å². The molecule has 0 aliphatic carbocycles. The van der Waals surface area contributed by atoms with E-state index in [0.29, 0.717) is 19.2 Å². The lowest BCUT2D eigenvalue weighted by atomic mass is 10.3. The second kappa shape index (κ2) is 8.13. The van der Waals surface area contributed by atoms with E-state index in [1.54, 1.807) is 0 Å². The van der Waals surface area contributed by atoms with Gasteiger partial charge in [0.15, 0.2) is 0 Å². The Bertz CT molecular complexity index is 562. The van der Waals surface area contributed by atoms with E-state index in [-0.39, 0.29) is 13.1 Å². The number of anilines is 2. The fraction of sp³-hybridized carbons (Fsp3) is 0.643. The number of rotatable bonds is 6. The smallest absolute Gasteiger partial charge is 0.378 e. The molecule has 134 valence electrons. The van der Waals surface area contributed by atoms with Crippen molar-refractivity contribution in [3.8, 4) is 0 Å². The Labute approximate surface area is 137 Å². The molecule has 1 aliphatic rings. The number of hydrogen-bond donors (Lipinski definition) is 2. The van der Waals surface area contributed by atoms with Gasteiger partial charge in [-0.05, 0) is 6.92 Å². The number of halogens is 3. The minimum absolute atomic E-state index is 0.0547. The second-order valence-electron chi connectivity index (χ2n) is 5.36. The van der Waals surface area contributed by atoms with E-state index in [0.717, 1.165) is 24.6 Å². The van der Waals surface area contributed by atoms with Crippen LogP contribution in [0.15, 0.2) is 6.07 Å². The van der Waals surface area contributed by atoms with Crippen molar-refractivity contribution in [2.45, 2.75) is 19.5 Å². The Hall–Kier alpha value is -2.10. The molecule has 24 heavy (non-hydrogen) atoms. The molecule has 0 aromatic carbocycles. The number of alkyl halides is 3. The molecule has 0 unspecified atom stereocenters. The van der Waals surface area contributed by atoms with Gasteiger partial charge in [0.25, 0.3) is 0 Å². The van der Waals surface area contributed by atoms with E-state index >= 15 is 0 Å². The number of hydrogen-bond acceptors (Lipinski definition) is 6. The number of carbonyl (C=O) groups excluding carboxylic acids is 1. The number of nitrogens with one attached hydrogen (secondary N) is 2. The van der Waals surface area contributed by atoms with Gasteiger partial charge in [0, 0.05) is 37.9 Å². The second-order valence-corrected chi connectivity index (χ2v) is 5.36. The zero-order valence-corrected chi connectivity index (χ0v) is 13.3. The summed E-state index contributed by atoms with van der Waals surface area (Å²) in [4.78, 5) is 21.8. The number of aromatic nitrogens is 2. The molecule has 7 nitrogen and oxygen atoms in total. The number of nitrogens with zero attached hydrogens (tertiary/aromatic N) is 3. The first-order chi connectivity index (χ1) is 11.3. The third-order valence-corrected chi connectivity index (χ3v) is 3.27. The van der Waals surface area contributed by atoms with E-state index in [2.05, 4.69) is 25.5 Å². The van der Waals surface area contributed by atoms with Crippen molar-refractivity contribution in [3.63, 3.8) is 0 Å². The molecule has 0 atom stereocenters. The van der Waals surface area contributed by atoms with Crippen LogP contribution in [-0.4, -0.2) is 61.4 Å². The Morgan fingerprint density at radius 2 is 2.00 bits per heavy atom. The van der Waals surface area contributed by atoms with Crippen molar-refractivity contribution in [2.24, 2.45) is 0 Å². The van der Waals surface area contributed by atoms with E-state index < -0.39 is 18.5 Å². The van der Waals surface area contributed by atoms with Crippen LogP contribution in [0, 0.1) is 6.92 Å². The normalized spacial score (nSPS) is 15.2. The number of aryl methyl sites for hydroxylation is 1. The summed E-state index contributed by atoms with van der Waals surface area (Å²) in [6.45, 7) is 4.87. The molecule has 1 aliphatic heterocycles. The van der Waals surface area contributed by atoms with Crippen LogP contribution in [-0.2, 0) is 9.53 Å². The average molecular weight is 347 g/mol. The lowest BCUT2D eigenvalue weighted by Gasteiger charge is -2.28. The number of carbonyl (C=O) groups is 1. The lowest BCUT2D eigenvalue weighted by Crippen LogP contribution is -2.37. The fourth-order valence-electron chi connectivity index (χ4n) is 2.21. The van der Waals surface area contributed by atoms with E-state index in [1.807, 2.05) is 13.0 Å².